The summed E-state index contributed by atoms with van der Waals surface area (Å²) in [6.07, 6.45) is 0. The maximum atomic E-state index is 11.4. The van der Waals surface area contributed by atoms with Crippen LogP contribution in [0.1, 0.15) is 11.6 Å². The Hall–Kier alpha value is -1.40. The molecule has 1 aromatic carbocycles. The van der Waals surface area contributed by atoms with Crippen LogP contribution in [0, 0.1) is 13.8 Å². The maximum absolute atomic E-state index is 11.4. The van der Waals surface area contributed by atoms with E-state index in [4.69, 9.17) is 10.7 Å². The van der Waals surface area contributed by atoms with Gasteiger partial charge in [-0.1, -0.05) is 12.1 Å². The Bertz CT molecular complexity index is 664. The molecule has 0 bridgehead atoms. The zero-order chi connectivity index (χ0) is 12.6. The summed E-state index contributed by atoms with van der Waals surface area (Å²) >= 11 is 0. The van der Waals surface area contributed by atoms with Gasteiger partial charge in [0.25, 0.3) is 9.05 Å². The Labute approximate surface area is 103 Å². The van der Waals surface area contributed by atoms with Gasteiger partial charge in [0.05, 0.1) is 5.69 Å². The monoisotopic (exact) mass is 271 g/mol. The molecular weight excluding hydrogens is 262 g/mol. The van der Waals surface area contributed by atoms with Crippen LogP contribution in [0.5, 0.6) is 0 Å². The first-order valence-electron chi connectivity index (χ1n) is 4.84. The second-order valence-corrected chi connectivity index (χ2v) is 6.06. The van der Waals surface area contributed by atoms with Crippen molar-refractivity contribution in [2.45, 2.75) is 18.7 Å². The van der Waals surface area contributed by atoms with Crippen molar-refractivity contribution >= 4 is 19.7 Å². The number of aryl methyl sites for hydroxylation is 2. The fraction of sp³-hybridized carbons (Fsp3) is 0.200. The summed E-state index contributed by atoms with van der Waals surface area (Å²) in [4.78, 5) is 4.15. The molecule has 2 aromatic rings. The largest absolute Gasteiger partial charge is 0.263 e. The van der Waals surface area contributed by atoms with Crippen molar-refractivity contribution in [2.24, 2.45) is 0 Å². The number of halogens is 1. The lowest BCUT2D eigenvalue weighted by Gasteiger charge is -2.07. The molecule has 1 aromatic heterocycles. The normalized spacial score (nSPS) is 11.7. The van der Waals surface area contributed by atoms with Gasteiger partial charge >= 0.3 is 0 Å². The average molecular weight is 272 g/mol. The summed E-state index contributed by atoms with van der Waals surface area (Å²) in [6.45, 7) is 3.49. The quantitative estimate of drug-likeness (QED) is 0.782. The Balaban J connectivity index is 2.73. The average Bonchev–Trinajstić information content (AvgIpc) is 2.56. The van der Waals surface area contributed by atoms with E-state index in [9.17, 15) is 8.42 Å². The molecule has 2 rings (SSSR count). The molecule has 0 aliphatic carbocycles. The van der Waals surface area contributed by atoms with Crippen LogP contribution in [-0.4, -0.2) is 23.2 Å². The molecule has 0 radical (unpaired) electrons. The number of aromatic nitrogens is 3. The van der Waals surface area contributed by atoms with Crippen LogP contribution in [-0.2, 0) is 9.05 Å². The van der Waals surface area contributed by atoms with Gasteiger partial charge in [-0.15, -0.1) is 0 Å². The molecule has 0 aliphatic rings. The minimum Gasteiger partial charge on any atom is -0.217 e. The molecule has 0 saturated carbocycles. The molecule has 0 unspecified atom stereocenters. The van der Waals surface area contributed by atoms with Crippen molar-refractivity contribution in [3.8, 4) is 5.69 Å². The van der Waals surface area contributed by atoms with E-state index in [1.807, 2.05) is 0 Å². The Kier molecular flexibility index (Phi) is 2.92. The summed E-state index contributed by atoms with van der Waals surface area (Å²) in [5, 5.41) is 4.14. The predicted molar refractivity (Wildman–Crippen MR) is 63.9 cm³/mol. The van der Waals surface area contributed by atoms with Crippen molar-refractivity contribution in [2.75, 3.05) is 0 Å². The van der Waals surface area contributed by atoms with Crippen molar-refractivity contribution in [3.63, 3.8) is 0 Å². The molecule has 0 fully saturated rings. The molecule has 17 heavy (non-hydrogen) atoms. The molecule has 0 spiro atoms. The molecular formula is C10H10ClN3O2S. The molecule has 1 heterocycles. The van der Waals surface area contributed by atoms with E-state index in [1.54, 1.807) is 32.0 Å². The van der Waals surface area contributed by atoms with Gasteiger partial charge in [-0.25, -0.2) is 18.1 Å². The molecule has 0 saturated heterocycles. The van der Waals surface area contributed by atoms with Gasteiger partial charge in [0.1, 0.15) is 16.5 Å². The van der Waals surface area contributed by atoms with Gasteiger partial charge in [-0.3, -0.25) is 0 Å². The smallest absolute Gasteiger partial charge is 0.217 e. The summed E-state index contributed by atoms with van der Waals surface area (Å²) in [7, 11) is 1.58. The number of nitrogens with zero attached hydrogens (tertiary/aromatic N) is 3. The molecule has 0 aliphatic heterocycles. The molecule has 0 N–H and O–H groups in total. The molecule has 0 atom stereocenters. The van der Waals surface area contributed by atoms with Gasteiger partial charge in [0.2, 0.25) is 0 Å². The van der Waals surface area contributed by atoms with E-state index in [-0.39, 0.29) is 4.90 Å². The lowest BCUT2D eigenvalue weighted by atomic mass is 10.3. The Morgan fingerprint density at radius 1 is 1.24 bits per heavy atom. The van der Waals surface area contributed by atoms with Crippen molar-refractivity contribution in [1.29, 1.82) is 0 Å². The number of hydrogen-bond donors (Lipinski definition) is 0. The zero-order valence-electron chi connectivity index (χ0n) is 9.25. The van der Waals surface area contributed by atoms with Gasteiger partial charge in [0, 0.05) is 10.7 Å². The summed E-state index contributed by atoms with van der Waals surface area (Å²) in [5.41, 5.74) is 0.403. The van der Waals surface area contributed by atoms with E-state index < -0.39 is 9.05 Å². The van der Waals surface area contributed by atoms with Crippen LogP contribution in [0.2, 0.25) is 0 Å². The van der Waals surface area contributed by atoms with Crippen LogP contribution in [0.25, 0.3) is 5.69 Å². The third-order valence-corrected chi connectivity index (χ3v) is 3.60. The molecule has 90 valence electrons. The minimum atomic E-state index is -3.81. The fourth-order valence-corrected chi connectivity index (χ4v) is 2.62. The number of benzene rings is 1. The number of hydrogen-bond acceptors (Lipinski definition) is 4. The van der Waals surface area contributed by atoms with E-state index in [2.05, 4.69) is 10.1 Å². The first-order chi connectivity index (χ1) is 7.89. The number of para-hydroxylation sites is 1. The highest BCUT2D eigenvalue weighted by atomic mass is 35.7. The molecule has 7 heteroatoms. The van der Waals surface area contributed by atoms with Crippen LogP contribution >= 0.6 is 10.7 Å². The fourth-order valence-electron chi connectivity index (χ4n) is 1.59. The summed E-state index contributed by atoms with van der Waals surface area (Å²) in [6, 6.07) is 6.40. The van der Waals surface area contributed by atoms with Crippen molar-refractivity contribution < 1.29 is 8.42 Å². The number of rotatable bonds is 2. The van der Waals surface area contributed by atoms with E-state index in [0.717, 1.165) is 0 Å². The first kappa shape index (κ1) is 12.1. The first-order valence-corrected chi connectivity index (χ1v) is 7.15. The van der Waals surface area contributed by atoms with Gasteiger partial charge in [-0.05, 0) is 26.0 Å². The van der Waals surface area contributed by atoms with Crippen LogP contribution in [0.4, 0.5) is 0 Å². The lowest BCUT2D eigenvalue weighted by Crippen LogP contribution is -2.05. The van der Waals surface area contributed by atoms with Crippen molar-refractivity contribution in [1.82, 2.24) is 14.8 Å². The topological polar surface area (TPSA) is 64.8 Å². The molecule has 5 nitrogen and oxygen atoms in total. The third-order valence-electron chi connectivity index (χ3n) is 2.23. The highest BCUT2D eigenvalue weighted by molar-refractivity contribution is 8.13. The lowest BCUT2D eigenvalue weighted by molar-refractivity contribution is 0.608. The zero-order valence-corrected chi connectivity index (χ0v) is 10.8. The summed E-state index contributed by atoms with van der Waals surface area (Å²) in [5.74, 6) is 1.18. The minimum absolute atomic E-state index is 0.0228. The molecule has 0 amide bonds. The van der Waals surface area contributed by atoms with E-state index in [0.29, 0.717) is 17.3 Å². The van der Waals surface area contributed by atoms with Crippen LogP contribution < -0.4 is 0 Å². The second-order valence-electron chi connectivity index (χ2n) is 3.52. The maximum Gasteiger partial charge on any atom is 0.263 e. The SMILES string of the molecule is Cc1nc(C)n(-c2ccccc2S(=O)(=O)Cl)n1. The second kappa shape index (κ2) is 4.12. The van der Waals surface area contributed by atoms with Crippen LogP contribution in [0.3, 0.4) is 0 Å². The van der Waals surface area contributed by atoms with Crippen LogP contribution in [0.15, 0.2) is 29.2 Å². The van der Waals surface area contributed by atoms with Crippen molar-refractivity contribution in [3.05, 3.63) is 35.9 Å². The highest BCUT2D eigenvalue weighted by Gasteiger charge is 2.18. The van der Waals surface area contributed by atoms with Gasteiger partial charge in [-0.2, -0.15) is 5.10 Å². The van der Waals surface area contributed by atoms with Gasteiger partial charge in [0.15, 0.2) is 0 Å². The Morgan fingerprint density at radius 2 is 1.88 bits per heavy atom. The Morgan fingerprint density at radius 3 is 2.41 bits per heavy atom. The highest BCUT2D eigenvalue weighted by Crippen LogP contribution is 2.23. The summed E-state index contributed by atoms with van der Waals surface area (Å²) < 4.78 is 24.4. The third kappa shape index (κ3) is 2.32. The predicted octanol–water partition coefficient (Wildman–Crippen LogP) is 1.81. The van der Waals surface area contributed by atoms with E-state index in [1.165, 1.54) is 10.7 Å². The van der Waals surface area contributed by atoms with Gasteiger partial charge < -0.3 is 0 Å². The standard InChI is InChI=1S/C10H10ClN3O2S/c1-7-12-8(2)14(13-7)9-5-3-4-6-10(9)17(11,15)16/h3-6H,1-2H3. The van der Waals surface area contributed by atoms with E-state index >= 15 is 0 Å².